The molecule has 9 rings (SSSR count). The lowest BCUT2D eigenvalue weighted by Gasteiger charge is -2.15. The summed E-state index contributed by atoms with van der Waals surface area (Å²) in [4.78, 5) is 4.92. The van der Waals surface area contributed by atoms with Crippen LogP contribution in [0.15, 0.2) is 175 Å². The maximum atomic E-state index is 4.92. The molecule has 0 aliphatic carbocycles. The highest BCUT2D eigenvalue weighted by molar-refractivity contribution is 7.26. The highest BCUT2D eigenvalue weighted by Gasteiger charge is 2.16. The van der Waals surface area contributed by atoms with Gasteiger partial charge in [-0.15, -0.1) is 22.7 Å². The summed E-state index contributed by atoms with van der Waals surface area (Å²) in [5, 5.41) is 5.21. The van der Waals surface area contributed by atoms with E-state index in [1.165, 1.54) is 68.2 Å². The van der Waals surface area contributed by atoms with Gasteiger partial charge in [-0.3, -0.25) is 4.99 Å². The van der Waals surface area contributed by atoms with E-state index < -0.39 is 0 Å². The Morgan fingerprint density at radius 3 is 1.43 bits per heavy atom. The molecule has 0 amide bonds. The van der Waals surface area contributed by atoms with Crippen LogP contribution in [0, 0.1) is 0 Å². The van der Waals surface area contributed by atoms with E-state index in [0.29, 0.717) is 0 Å². The third-order valence-corrected chi connectivity index (χ3v) is 11.6. The van der Waals surface area contributed by atoms with Crippen LogP contribution in [0.4, 0.5) is 0 Å². The van der Waals surface area contributed by atoms with Crippen LogP contribution in [0.2, 0.25) is 0 Å². The summed E-state index contributed by atoms with van der Waals surface area (Å²) in [6.07, 6.45) is 2.29. The van der Waals surface area contributed by atoms with Gasteiger partial charge in [0.1, 0.15) is 0 Å². The van der Waals surface area contributed by atoms with Crippen molar-refractivity contribution in [1.29, 1.82) is 0 Å². The molecule has 0 spiro atoms. The molecule has 3 heteroatoms. The highest BCUT2D eigenvalue weighted by Crippen LogP contribution is 2.39. The van der Waals surface area contributed by atoms with E-state index >= 15 is 0 Å². The molecule has 0 aliphatic heterocycles. The maximum absolute atomic E-state index is 4.92. The van der Waals surface area contributed by atoms with Gasteiger partial charge in [-0.05, 0) is 87.5 Å². The van der Waals surface area contributed by atoms with Gasteiger partial charge in [0.2, 0.25) is 0 Å². The molecule has 0 bridgehead atoms. The van der Waals surface area contributed by atoms with Gasteiger partial charge in [-0.2, -0.15) is 0 Å². The minimum absolute atomic E-state index is 0.956. The minimum atomic E-state index is 0.956. The van der Waals surface area contributed by atoms with Crippen molar-refractivity contribution in [1.82, 2.24) is 0 Å². The van der Waals surface area contributed by atoms with Crippen LogP contribution in [0.25, 0.3) is 68.2 Å². The van der Waals surface area contributed by atoms with Crippen LogP contribution in [0.5, 0.6) is 0 Å². The summed E-state index contributed by atoms with van der Waals surface area (Å²) in [6, 6.07) is 59.5. The Kier molecular flexibility index (Phi) is 7.50. The van der Waals surface area contributed by atoms with Gasteiger partial charge in [0.15, 0.2) is 0 Å². The van der Waals surface area contributed by atoms with Gasteiger partial charge in [-0.1, -0.05) is 121 Å². The lowest BCUT2D eigenvalue weighted by atomic mass is 9.89. The number of thiophene rings is 2. The lowest BCUT2D eigenvalue weighted by molar-refractivity contribution is 1.43. The zero-order chi connectivity index (χ0) is 32.7. The van der Waals surface area contributed by atoms with Crippen molar-refractivity contribution in [3.63, 3.8) is 0 Å². The smallest absolute Gasteiger partial charge is 0.0650 e. The van der Waals surface area contributed by atoms with Crippen LogP contribution in [-0.2, 0) is 0 Å². The highest BCUT2D eigenvalue weighted by atomic mass is 32.1. The Morgan fingerprint density at radius 1 is 0.408 bits per heavy atom. The number of nitrogens with zero attached hydrogens (tertiary/aromatic N) is 1. The van der Waals surface area contributed by atoms with Gasteiger partial charge in [0.05, 0.1) is 5.71 Å². The van der Waals surface area contributed by atoms with Crippen LogP contribution in [0.1, 0.15) is 16.7 Å². The number of rotatable bonds is 6. The van der Waals surface area contributed by atoms with Crippen molar-refractivity contribution >= 4 is 74.3 Å². The molecule has 0 unspecified atom stereocenters. The summed E-state index contributed by atoms with van der Waals surface area (Å²) in [5.74, 6) is 0. The summed E-state index contributed by atoms with van der Waals surface area (Å²) >= 11 is 3.70. The number of hydrogen-bond acceptors (Lipinski definition) is 3. The Labute approximate surface area is 293 Å². The summed E-state index contributed by atoms with van der Waals surface area (Å²) in [5.41, 5.74) is 10.3. The SMILES string of the molecule is CN=C(/C=C(/c1cc(-c2ccccc2)cc(-c2ccccc2)c1)c1ccc2c(c1)sc1ccccc12)c1ccc2c(c1)sc1ccccc12. The standard InChI is InChI=1S/C46H31NS2/c1-47-42(33-21-23-40-38-17-9-11-19-44(38)49-46(40)28-33)29-41(32-20-22-39-37-16-8-10-18-43(37)48-45(39)27-32)36-25-34(30-12-4-2-5-13-30)24-35(26-36)31-14-6-3-7-15-31/h2-29H,1H3/b41-29+,47-42?. The molecule has 7 aromatic carbocycles. The maximum Gasteiger partial charge on any atom is 0.0650 e. The van der Waals surface area contributed by atoms with Crippen LogP contribution in [-0.4, -0.2) is 12.8 Å². The fraction of sp³-hybridized carbons (Fsp3) is 0.0217. The van der Waals surface area contributed by atoms with Gasteiger partial charge < -0.3 is 0 Å². The van der Waals surface area contributed by atoms with Gasteiger partial charge >= 0.3 is 0 Å². The van der Waals surface area contributed by atoms with E-state index in [1.807, 2.05) is 29.7 Å². The Hall–Kier alpha value is -5.61. The molecule has 2 heterocycles. The molecule has 0 fully saturated rings. The van der Waals surface area contributed by atoms with Crippen molar-refractivity contribution in [2.45, 2.75) is 0 Å². The lowest BCUT2D eigenvalue weighted by Crippen LogP contribution is -2.00. The van der Waals surface area contributed by atoms with Crippen molar-refractivity contribution in [3.05, 3.63) is 187 Å². The van der Waals surface area contributed by atoms with E-state index in [2.05, 4.69) is 170 Å². The molecule has 0 atom stereocenters. The molecule has 0 N–H and O–H groups in total. The third kappa shape index (κ3) is 5.47. The van der Waals surface area contributed by atoms with Gasteiger partial charge in [-0.25, -0.2) is 0 Å². The van der Waals surface area contributed by atoms with E-state index in [-0.39, 0.29) is 0 Å². The minimum Gasteiger partial charge on any atom is -0.288 e. The summed E-state index contributed by atoms with van der Waals surface area (Å²) in [7, 11) is 1.91. The number of allylic oxidation sites excluding steroid dienone is 1. The molecule has 0 aliphatic rings. The first kappa shape index (κ1) is 29.5. The summed E-state index contributed by atoms with van der Waals surface area (Å²) < 4.78 is 5.18. The molecule has 0 radical (unpaired) electrons. The second kappa shape index (κ2) is 12.4. The average Bonchev–Trinajstić information content (AvgIpc) is 3.73. The summed E-state index contributed by atoms with van der Waals surface area (Å²) in [6.45, 7) is 0. The molecule has 0 saturated heterocycles. The van der Waals surface area contributed by atoms with Crippen molar-refractivity contribution in [3.8, 4) is 22.3 Å². The van der Waals surface area contributed by atoms with Crippen molar-refractivity contribution < 1.29 is 0 Å². The second-order valence-corrected chi connectivity index (χ2v) is 14.5. The number of benzene rings is 7. The molecule has 9 aromatic rings. The predicted molar refractivity (Wildman–Crippen MR) is 216 cm³/mol. The largest absolute Gasteiger partial charge is 0.288 e. The molecule has 1 nitrogen and oxygen atoms in total. The molecule has 232 valence electrons. The Morgan fingerprint density at radius 2 is 0.878 bits per heavy atom. The first-order valence-electron chi connectivity index (χ1n) is 16.5. The van der Waals surface area contributed by atoms with Gasteiger partial charge in [0, 0.05) is 53.0 Å². The van der Waals surface area contributed by atoms with Crippen LogP contribution < -0.4 is 0 Å². The zero-order valence-electron chi connectivity index (χ0n) is 26.9. The number of hydrogen-bond donors (Lipinski definition) is 0. The van der Waals surface area contributed by atoms with E-state index in [0.717, 1.165) is 22.4 Å². The molecular formula is C46H31NS2. The van der Waals surface area contributed by atoms with Crippen molar-refractivity contribution in [2.75, 3.05) is 7.05 Å². The molecule has 2 aromatic heterocycles. The fourth-order valence-corrected chi connectivity index (χ4v) is 9.19. The fourth-order valence-electron chi connectivity index (χ4n) is 6.90. The Bertz CT molecular complexity index is 2650. The third-order valence-electron chi connectivity index (χ3n) is 9.34. The van der Waals surface area contributed by atoms with E-state index in [9.17, 15) is 0 Å². The zero-order valence-corrected chi connectivity index (χ0v) is 28.6. The molecule has 0 saturated carbocycles. The second-order valence-electron chi connectivity index (χ2n) is 12.3. The first-order valence-corrected chi connectivity index (χ1v) is 18.1. The quantitative estimate of drug-likeness (QED) is 0.157. The van der Waals surface area contributed by atoms with Crippen LogP contribution >= 0.6 is 22.7 Å². The average molecular weight is 662 g/mol. The predicted octanol–water partition coefficient (Wildman–Crippen LogP) is 13.3. The number of fused-ring (bicyclic) bond motifs is 6. The number of aliphatic imine (C=N–C) groups is 1. The van der Waals surface area contributed by atoms with Crippen molar-refractivity contribution in [2.24, 2.45) is 4.99 Å². The topological polar surface area (TPSA) is 12.4 Å². The first-order chi connectivity index (χ1) is 24.2. The van der Waals surface area contributed by atoms with Gasteiger partial charge in [0.25, 0.3) is 0 Å². The monoisotopic (exact) mass is 661 g/mol. The Balaban J connectivity index is 1.27. The van der Waals surface area contributed by atoms with Crippen LogP contribution in [0.3, 0.4) is 0 Å². The normalized spacial score (nSPS) is 12.4. The molecule has 49 heavy (non-hydrogen) atoms. The van der Waals surface area contributed by atoms with E-state index in [1.54, 1.807) is 0 Å². The van der Waals surface area contributed by atoms with E-state index in [4.69, 9.17) is 4.99 Å². The molecular weight excluding hydrogens is 631 g/mol.